The van der Waals surface area contributed by atoms with Crippen LogP contribution in [0.4, 0.5) is 8.78 Å². The highest BCUT2D eigenvalue weighted by Crippen LogP contribution is 2.27. The van der Waals surface area contributed by atoms with Crippen molar-refractivity contribution in [3.8, 4) is 5.75 Å². The summed E-state index contributed by atoms with van der Waals surface area (Å²) in [6, 6.07) is 8.24. The average molecular weight is 453 g/mol. The normalized spacial score (nSPS) is 15.4. The molecule has 1 heterocycles. The van der Waals surface area contributed by atoms with Gasteiger partial charge in [0.2, 0.25) is 10.0 Å². The molecule has 1 fully saturated rings. The van der Waals surface area contributed by atoms with E-state index in [1.54, 1.807) is 0 Å². The van der Waals surface area contributed by atoms with Gasteiger partial charge in [-0.1, -0.05) is 26.0 Å². The summed E-state index contributed by atoms with van der Waals surface area (Å²) in [6.07, 6.45) is 0. The van der Waals surface area contributed by atoms with E-state index in [0.29, 0.717) is 11.8 Å². The van der Waals surface area contributed by atoms with Gasteiger partial charge in [-0.05, 0) is 42.2 Å². The monoisotopic (exact) mass is 452 g/mol. The van der Waals surface area contributed by atoms with Gasteiger partial charge in [0, 0.05) is 32.2 Å². The summed E-state index contributed by atoms with van der Waals surface area (Å²) in [5, 5.41) is 0. The van der Waals surface area contributed by atoms with E-state index in [9.17, 15) is 22.0 Å². The Kier molecular flexibility index (Phi) is 6.96. The molecule has 168 valence electrons. The van der Waals surface area contributed by atoms with E-state index in [4.69, 9.17) is 4.74 Å². The van der Waals surface area contributed by atoms with E-state index >= 15 is 0 Å². The summed E-state index contributed by atoms with van der Waals surface area (Å²) in [6.45, 7) is 6.25. The van der Waals surface area contributed by atoms with Crippen molar-refractivity contribution in [2.24, 2.45) is 0 Å². The highest BCUT2D eigenvalue weighted by atomic mass is 32.2. The molecule has 0 radical (unpaired) electrons. The van der Waals surface area contributed by atoms with Gasteiger partial charge >= 0.3 is 0 Å². The highest BCUT2D eigenvalue weighted by molar-refractivity contribution is 7.89. The number of carbonyl (C=O) groups is 1. The van der Waals surface area contributed by atoms with Gasteiger partial charge in [0.25, 0.3) is 5.91 Å². The fraction of sp³-hybridized carbons (Fsp3) is 0.409. The van der Waals surface area contributed by atoms with Gasteiger partial charge in [-0.15, -0.1) is 0 Å². The Morgan fingerprint density at radius 3 is 2.35 bits per heavy atom. The average Bonchev–Trinajstić information content (AvgIpc) is 2.71. The third-order valence-electron chi connectivity index (χ3n) is 5.25. The number of sulfonamides is 1. The van der Waals surface area contributed by atoms with Crippen molar-refractivity contribution >= 4 is 15.9 Å². The molecule has 0 aliphatic carbocycles. The van der Waals surface area contributed by atoms with Gasteiger partial charge in [0.1, 0.15) is 22.3 Å². The van der Waals surface area contributed by atoms with E-state index in [-0.39, 0.29) is 44.6 Å². The predicted molar refractivity (Wildman–Crippen MR) is 112 cm³/mol. The van der Waals surface area contributed by atoms with E-state index in [1.165, 1.54) is 4.90 Å². The van der Waals surface area contributed by atoms with Crippen molar-refractivity contribution in [1.82, 2.24) is 9.21 Å². The number of rotatable bonds is 6. The van der Waals surface area contributed by atoms with Crippen molar-refractivity contribution in [2.45, 2.75) is 31.6 Å². The summed E-state index contributed by atoms with van der Waals surface area (Å²) >= 11 is 0. The van der Waals surface area contributed by atoms with E-state index in [2.05, 4.69) is 0 Å². The maximum atomic E-state index is 14.0. The van der Waals surface area contributed by atoms with Crippen LogP contribution in [0.2, 0.25) is 0 Å². The lowest BCUT2D eigenvalue weighted by molar-refractivity contribution is -0.134. The fourth-order valence-corrected chi connectivity index (χ4v) is 4.94. The van der Waals surface area contributed by atoms with Gasteiger partial charge in [0.05, 0.1) is 0 Å². The first-order valence-corrected chi connectivity index (χ1v) is 11.5. The molecule has 0 bridgehead atoms. The van der Waals surface area contributed by atoms with Crippen LogP contribution in [0.3, 0.4) is 0 Å². The van der Waals surface area contributed by atoms with Gasteiger partial charge in [-0.3, -0.25) is 4.79 Å². The number of ether oxygens (including phenoxy) is 1. The number of carbonyl (C=O) groups excluding carboxylic acids is 1. The third-order valence-corrected chi connectivity index (χ3v) is 7.18. The first kappa shape index (κ1) is 23.1. The second kappa shape index (κ2) is 9.32. The molecule has 3 rings (SSSR count). The second-order valence-electron chi connectivity index (χ2n) is 7.84. The molecule has 0 saturated carbocycles. The lowest BCUT2D eigenvalue weighted by Crippen LogP contribution is -2.51. The van der Waals surface area contributed by atoms with Crippen molar-refractivity contribution in [3.63, 3.8) is 0 Å². The lowest BCUT2D eigenvalue weighted by atomic mass is 10.0. The molecule has 1 amide bonds. The van der Waals surface area contributed by atoms with Gasteiger partial charge in [-0.2, -0.15) is 4.31 Å². The van der Waals surface area contributed by atoms with Crippen LogP contribution in [0, 0.1) is 18.6 Å². The van der Waals surface area contributed by atoms with Crippen LogP contribution in [0.15, 0.2) is 41.3 Å². The standard InChI is InChI=1S/C22H26F2N2O4S/c1-15(2)18-6-4-16(3)12-20(18)30-14-22(27)25-8-10-26(11-9-25)31(28,29)21-7-5-17(23)13-19(21)24/h4-7,12-13,15H,8-11,14H2,1-3H3. The zero-order valence-electron chi connectivity index (χ0n) is 17.8. The minimum atomic E-state index is -4.11. The Morgan fingerprint density at radius 1 is 1.06 bits per heavy atom. The molecule has 0 N–H and O–H groups in total. The van der Waals surface area contributed by atoms with Crippen molar-refractivity contribution < 1.29 is 26.7 Å². The molecule has 6 nitrogen and oxygen atoms in total. The van der Waals surface area contributed by atoms with Crippen LogP contribution in [-0.4, -0.2) is 56.3 Å². The third kappa shape index (κ3) is 5.22. The zero-order chi connectivity index (χ0) is 22.8. The fourth-order valence-electron chi connectivity index (χ4n) is 3.48. The largest absolute Gasteiger partial charge is 0.483 e. The molecule has 9 heteroatoms. The van der Waals surface area contributed by atoms with Crippen LogP contribution in [0.1, 0.15) is 30.9 Å². The number of halogens is 2. The SMILES string of the molecule is Cc1ccc(C(C)C)c(OCC(=O)N2CCN(S(=O)(=O)c3ccc(F)cc3F)CC2)c1. The molecular weight excluding hydrogens is 426 g/mol. The number of piperazine rings is 1. The topological polar surface area (TPSA) is 66.9 Å². The Hall–Kier alpha value is -2.52. The van der Waals surface area contributed by atoms with Crippen LogP contribution < -0.4 is 4.74 Å². The van der Waals surface area contributed by atoms with Crippen LogP contribution in [0.25, 0.3) is 0 Å². The smallest absolute Gasteiger partial charge is 0.260 e. The predicted octanol–water partition coefficient (Wildman–Crippen LogP) is 3.31. The minimum Gasteiger partial charge on any atom is -0.483 e. The molecule has 1 aliphatic heterocycles. The number of hydrogen-bond acceptors (Lipinski definition) is 4. The number of hydrogen-bond donors (Lipinski definition) is 0. The molecule has 0 spiro atoms. The van der Waals surface area contributed by atoms with Crippen molar-refractivity contribution in [1.29, 1.82) is 0 Å². The Morgan fingerprint density at radius 2 is 1.74 bits per heavy atom. The summed E-state index contributed by atoms with van der Waals surface area (Å²) in [5.74, 6) is -1.32. The number of amides is 1. The quantitative estimate of drug-likeness (QED) is 0.675. The summed E-state index contributed by atoms with van der Waals surface area (Å²) < 4.78 is 59.3. The Bertz CT molecular complexity index is 1070. The lowest BCUT2D eigenvalue weighted by Gasteiger charge is -2.34. The van der Waals surface area contributed by atoms with Gasteiger partial charge < -0.3 is 9.64 Å². The minimum absolute atomic E-state index is 0.0204. The van der Waals surface area contributed by atoms with Crippen molar-refractivity contribution in [2.75, 3.05) is 32.8 Å². The maximum Gasteiger partial charge on any atom is 0.260 e. The maximum absolute atomic E-state index is 14.0. The van der Waals surface area contributed by atoms with E-state index < -0.39 is 26.6 Å². The first-order valence-electron chi connectivity index (χ1n) is 10.1. The molecule has 1 saturated heterocycles. The Labute approximate surface area is 181 Å². The molecule has 2 aromatic rings. The van der Waals surface area contributed by atoms with Crippen LogP contribution >= 0.6 is 0 Å². The number of benzene rings is 2. The molecule has 0 unspecified atom stereocenters. The number of aryl methyl sites for hydroxylation is 1. The van der Waals surface area contributed by atoms with Gasteiger partial charge in [-0.25, -0.2) is 17.2 Å². The van der Waals surface area contributed by atoms with Crippen molar-refractivity contribution in [3.05, 3.63) is 59.2 Å². The second-order valence-corrected chi connectivity index (χ2v) is 9.75. The molecule has 0 atom stereocenters. The highest BCUT2D eigenvalue weighted by Gasteiger charge is 2.32. The summed E-state index contributed by atoms with van der Waals surface area (Å²) in [7, 11) is -4.11. The molecule has 31 heavy (non-hydrogen) atoms. The number of nitrogens with zero attached hydrogens (tertiary/aromatic N) is 2. The molecular formula is C22H26F2N2O4S. The van der Waals surface area contributed by atoms with E-state index in [1.807, 2.05) is 39.0 Å². The molecule has 1 aliphatic rings. The van der Waals surface area contributed by atoms with Crippen LogP contribution in [0.5, 0.6) is 5.75 Å². The Balaban J connectivity index is 1.61. The molecule has 2 aromatic carbocycles. The van der Waals surface area contributed by atoms with E-state index in [0.717, 1.165) is 27.6 Å². The summed E-state index contributed by atoms with van der Waals surface area (Å²) in [5.41, 5.74) is 2.04. The van der Waals surface area contributed by atoms with Crippen LogP contribution in [-0.2, 0) is 14.8 Å². The first-order chi connectivity index (χ1) is 14.6. The zero-order valence-corrected chi connectivity index (χ0v) is 18.6. The van der Waals surface area contributed by atoms with Gasteiger partial charge in [0.15, 0.2) is 6.61 Å². The molecule has 0 aromatic heterocycles. The summed E-state index contributed by atoms with van der Waals surface area (Å²) in [4.78, 5) is 13.5.